The molecule has 0 nitrogen and oxygen atoms in total. The van der Waals surface area contributed by atoms with Crippen molar-refractivity contribution in [2.75, 3.05) is 0 Å². The van der Waals surface area contributed by atoms with Crippen molar-refractivity contribution in [2.45, 2.75) is 12.6 Å². The molecule has 0 fully saturated rings. The van der Waals surface area contributed by atoms with E-state index in [-0.39, 0.29) is 0 Å². The van der Waals surface area contributed by atoms with Gasteiger partial charge in [-0.15, -0.1) is 0 Å². The molecule has 0 unspecified atom stereocenters. The zero-order valence-electron chi connectivity index (χ0n) is 6.88. The highest BCUT2D eigenvalue weighted by Gasteiger charge is 2.35. The Bertz CT molecular complexity index is 372. The summed E-state index contributed by atoms with van der Waals surface area (Å²) in [7, 11) is 0. The third-order valence-corrected chi connectivity index (χ3v) is 2.25. The van der Waals surface area contributed by atoms with Crippen LogP contribution in [0.3, 0.4) is 0 Å². The summed E-state index contributed by atoms with van der Waals surface area (Å²) in [6, 6.07) is 1.22. The summed E-state index contributed by atoms with van der Waals surface area (Å²) in [5, 5.41) is -1.44. The predicted molar refractivity (Wildman–Crippen MR) is 46.4 cm³/mol. The fourth-order valence-corrected chi connectivity index (χ4v) is 1.50. The highest BCUT2D eigenvalue weighted by Crippen LogP contribution is 2.40. The molecule has 1 aromatic rings. The lowest BCUT2D eigenvalue weighted by Gasteiger charge is -2.12. The van der Waals surface area contributed by atoms with Gasteiger partial charge < -0.3 is 0 Å². The van der Waals surface area contributed by atoms with Crippen LogP contribution in [-0.4, -0.2) is 0 Å². The lowest BCUT2D eigenvalue weighted by molar-refractivity contribution is -0.137. The summed E-state index contributed by atoms with van der Waals surface area (Å²) in [6.07, 6.45) is -7.90. The molecule has 0 N–H and O–H groups in total. The minimum Gasteiger partial charge on any atom is -0.205 e. The number of hydrogen-bond acceptors (Lipinski definition) is 0. The Morgan fingerprint density at radius 2 is 1.60 bits per heavy atom. The molecule has 0 spiro atoms. The quantitative estimate of drug-likeness (QED) is 0.630. The Morgan fingerprint density at radius 1 is 1.07 bits per heavy atom. The van der Waals surface area contributed by atoms with Crippen LogP contribution in [0.4, 0.5) is 22.0 Å². The minimum absolute atomic E-state index is 0.429. The molecule has 0 aliphatic rings. The van der Waals surface area contributed by atoms with Crippen LogP contribution in [0.15, 0.2) is 12.1 Å². The van der Waals surface area contributed by atoms with Crippen molar-refractivity contribution in [1.29, 1.82) is 0 Å². The Balaban J connectivity index is 3.42. The van der Waals surface area contributed by atoms with Crippen LogP contribution >= 0.6 is 23.2 Å². The first-order chi connectivity index (χ1) is 6.73. The second-order valence-electron chi connectivity index (χ2n) is 2.66. The summed E-state index contributed by atoms with van der Waals surface area (Å²) >= 11 is 10.5. The zero-order valence-corrected chi connectivity index (χ0v) is 8.39. The van der Waals surface area contributed by atoms with Crippen molar-refractivity contribution in [3.63, 3.8) is 0 Å². The molecule has 0 heterocycles. The molecule has 0 aliphatic carbocycles. The third-order valence-electron chi connectivity index (χ3n) is 1.61. The van der Waals surface area contributed by atoms with Gasteiger partial charge in [0.25, 0.3) is 6.43 Å². The Labute approximate surface area is 91.6 Å². The van der Waals surface area contributed by atoms with Crippen molar-refractivity contribution >= 4 is 23.2 Å². The summed E-state index contributed by atoms with van der Waals surface area (Å²) in [4.78, 5) is 0. The normalized spacial score (nSPS) is 12.3. The van der Waals surface area contributed by atoms with E-state index in [1.54, 1.807) is 0 Å². The van der Waals surface area contributed by atoms with Gasteiger partial charge in [-0.2, -0.15) is 13.2 Å². The van der Waals surface area contributed by atoms with Crippen LogP contribution in [0.1, 0.15) is 17.6 Å². The van der Waals surface area contributed by atoms with E-state index in [9.17, 15) is 22.0 Å². The van der Waals surface area contributed by atoms with Crippen molar-refractivity contribution in [1.82, 2.24) is 0 Å². The van der Waals surface area contributed by atoms with Crippen LogP contribution in [0.2, 0.25) is 10.0 Å². The summed E-state index contributed by atoms with van der Waals surface area (Å²) in [5.41, 5.74) is -2.27. The summed E-state index contributed by atoms with van der Waals surface area (Å²) < 4.78 is 61.4. The first-order valence-electron chi connectivity index (χ1n) is 3.57. The lowest BCUT2D eigenvalue weighted by Crippen LogP contribution is -2.07. The van der Waals surface area contributed by atoms with Gasteiger partial charge in [0.05, 0.1) is 10.6 Å². The summed E-state index contributed by atoms with van der Waals surface area (Å²) in [6.45, 7) is 0. The molecule has 0 saturated heterocycles. The number of benzene rings is 1. The van der Waals surface area contributed by atoms with E-state index in [0.717, 1.165) is 0 Å². The van der Waals surface area contributed by atoms with Gasteiger partial charge in [-0.05, 0) is 12.1 Å². The monoisotopic (exact) mass is 264 g/mol. The number of hydrogen-bond donors (Lipinski definition) is 0. The van der Waals surface area contributed by atoms with Gasteiger partial charge in [0.15, 0.2) is 0 Å². The molecule has 0 radical (unpaired) electrons. The highest BCUT2D eigenvalue weighted by molar-refractivity contribution is 6.34. The molecule has 84 valence electrons. The van der Waals surface area contributed by atoms with Gasteiger partial charge >= 0.3 is 6.18 Å². The Morgan fingerprint density at radius 3 is 2.00 bits per heavy atom. The maximum atomic E-state index is 12.3. The first kappa shape index (κ1) is 12.5. The van der Waals surface area contributed by atoms with Crippen LogP contribution in [0.5, 0.6) is 0 Å². The largest absolute Gasteiger partial charge is 0.417 e. The van der Waals surface area contributed by atoms with Crippen molar-refractivity contribution in [3.8, 4) is 0 Å². The van der Waals surface area contributed by atoms with Gasteiger partial charge in [0.1, 0.15) is 0 Å². The Hall–Kier alpha value is -0.550. The lowest BCUT2D eigenvalue weighted by atomic mass is 10.1. The molecule has 0 aromatic heterocycles. The smallest absolute Gasteiger partial charge is 0.205 e. The van der Waals surface area contributed by atoms with Crippen LogP contribution in [0.25, 0.3) is 0 Å². The predicted octanol–water partition coefficient (Wildman–Crippen LogP) is 4.95. The molecule has 7 heteroatoms. The van der Waals surface area contributed by atoms with E-state index in [4.69, 9.17) is 23.2 Å². The molecular weight excluding hydrogens is 262 g/mol. The van der Waals surface area contributed by atoms with Crippen molar-refractivity contribution in [2.24, 2.45) is 0 Å². The number of halogens is 7. The average molecular weight is 265 g/mol. The molecule has 0 aliphatic heterocycles. The molecule has 1 rings (SSSR count). The molecule has 1 aromatic carbocycles. The second-order valence-corrected chi connectivity index (χ2v) is 3.47. The van der Waals surface area contributed by atoms with E-state index in [1.807, 2.05) is 0 Å². The number of alkyl halides is 5. The zero-order chi connectivity index (χ0) is 11.8. The maximum absolute atomic E-state index is 12.3. The fraction of sp³-hybridized carbons (Fsp3) is 0.250. The van der Waals surface area contributed by atoms with E-state index >= 15 is 0 Å². The van der Waals surface area contributed by atoms with Gasteiger partial charge in [-0.1, -0.05) is 23.2 Å². The van der Waals surface area contributed by atoms with Crippen LogP contribution in [-0.2, 0) is 6.18 Å². The highest BCUT2D eigenvalue weighted by atomic mass is 35.5. The SMILES string of the molecule is FC(F)c1cc(Cl)cc(C(F)(F)F)c1Cl. The van der Waals surface area contributed by atoms with E-state index < -0.39 is 33.8 Å². The third kappa shape index (κ3) is 2.72. The fourth-order valence-electron chi connectivity index (χ4n) is 0.975. The van der Waals surface area contributed by atoms with E-state index in [0.29, 0.717) is 12.1 Å². The van der Waals surface area contributed by atoms with Crippen LogP contribution < -0.4 is 0 Å². The van der Waals surface area contributed by atoms with Gasteiger partial charge in [0, 0.05) is 10.6 Å². The van der Waals surface area contributed by atoms with Gasteiger partial charge in [-0.3, -0.25) is 0 Å². The molecule has 0 saturated carbocycles. The van der Waals surface area contributed by atoms with Crippen molar-refractivity contribution in [3.05, 3.63) is 33.3 Å². The van der Waals surface area contributed by atoms with Gasteiger partial charge in [-0.25, -0.2) is 8.78 Å². The molecule has 0 atom stereocenters. The molecule has 15 heavy (non-hydrogen) atoms. The molecular formula is C8H3Cl2F5. The topological polar surface area (TPSA) is 0 Å². The minimum atomic E-state index is -4.80. The van der Waals surface area contributed by atoms with E-state index in [2.05, 4.69) is 0 Å². The standard InChI is InChI=1S/C8H3Cl2F5/c9-3-1-4(7(11)12)6(10)5(2-3)8(13,14)15/h1-2,7H. The van der Waals surface area contributed by atoms with E-state index in [1.165, 1.54) is 0 Å². The van der Waals surface area contributed by atoms with Crippen LogP contribution in [0, 0.1) is 0 Å². The Kier molecular flexibility index (Phi) is 3.45. The number of rotatable bonds is 1. The molecule has 0 amide bonds. The average Bonchev–Trinajstić information content (AvgIpc) is 2.06. The van der Waals surface area contributed by atoms with Crippen molar-refractivity contribution < 1.29 is 22.0 Å². The first-order valence-corrected chi connectivity index (χ1v) is 4.33. The maximum Gasteiger partial charge on any atom is 0.417 e. The molecule has 0 bridgehead atoms. The summed E-state index contributed by atoms with van der Waals surface area (Å²) in [5.74, 6) is 0. The van der Waals surface area contributed by atoms with Gasteiger partial charge in [0.2, 0.25) is 0 Å². The second kappa shape index (κ2) is 4.14.